The Balaban J connectivity index is 0.00000363. The number of H-pyrrole nitrogens is 1. The number of aromatic amines is 1. The molecule has 11 heteroatoms. The third-order valence-corrected chi connectivity index (χ3v) is 4.45. The van der Waals surface area contributed by atoms with E-state index in [0.29, 0.717) is 25.5 Å². The summed E-state index contributed by atoms with van der Waals surface area (Å²) in [5.74, 6) is -5.15. The first-order chi connectivity index (χ1) is 14.9. The molecule has 3 aromatic rings. The number of anilines is 1. The SMILES string of the molecule is CCNC(=NCC(=O)Nc1ccc(F)c(F)c1F)NCCc1c[nH]c2ccc(F)cc12.I. The highest BCUT2D eigenvalue weighted by atomic mass is 127. The zero-order chi connectivity index (χ0) is 22.4. The van der Waals surface area contributed by atoms with Gasteiger partial charge in [0.15, 0.2) is 23.4 Å². The van der Waals surface area contributed by atoms with Gasteiger partial charge in [-0.15, -0.1) is 24.0 Å². The maximum absolute atomic E-state index is 13.7. The molecule has 32 heavy (non-hydrogen) atoms. The Morgan fingerprint density at radius 2 is 1.84 bits per heavy atom. The third kappa shape index (κ3) is 6.34. The van der Waals surface area contributed by atoms with Gasteiger partial charge in [-0.25, -0.2) is 22.6 Å². The Hall–Kier alpha value is -2.83. The first kappa shape index (κ1) is 25.4. The highest BCUT2D eigenvalue weighted by Crippen LogP contribution is 2.20. The van der Waals surface area contributed by atoms with Gasteiger partial charge in [0.1, 0.15) is 12.4 Å². The number of fused-ring (bicyclic) bond motifs is 1. The second kappa shape index (κ2) is 11.7. The topological polar surface area (TPSA) is 81.3 Å². The average Bonchev–Trinajstić information content (AvgIpc) is 3.14. The molecule has 0 radical (unpaired) electrons. The number of aromatic nitrogens is 1. The summed E-state index contributed by atoms with van der Waals surface area (Å²) in [6.45, 7) is 2.46. The smallest absolute Gasteiger partial charge is 0.246 e. The van der Waals surface area contributed by atoms with Crippen LogP contribution in [0.1, 0.15) is 12.5 Å². The van der Waals surface area contributed by atoms with Crippen molar-refractivity contribution in [1.82, 2.24) is 15.6 Å². The van der Waals surface area contributed by atoms with Crippen molar-refractivity contribution in [1.29, 1.82) is 0 Å². The van der Waals surface area contributed by atoms with E-state index in [2.05, 4.69) is 25.9 Å². The van der Waals surface area contributed by atoms with Crippen molar-refractivity contribution in [3.63, 3.8) is 0 Å². The number of carbonyl (C=O) groups excluding carboxylic acids is 1. The van der Waals surface area contributed by atoms with Gasteiger partial charge in [-0.05, 0) is 49.2 Å². The highest BCUT2D eigenvalue weighted by molar-refractivity contribution is 14.0. The van der Waals surface area contributed by atoms with Gasteiger partial charge >= 0.3 is 0 Å². The van der Waals surface area contributed by atoms with Gasteiger partial charge in [-0.1, -0.05) is 0 Å². The van der Waals surface area contributed by atoms with Crippen molar-refractivity contribution >= 4 is 52.4 Å². The zero-order valence-corrected chi connectivity index (χ0v) is 19.4. The molecule has 1 amide bonds. The van der Waals surface area contributed by atoms with Crippen molar-refractivity contribution in [3.8, 4) is 0 Å². The van der Waals surface area contributed by atoms with Gasteiger partial charge in [0.25, 0.3) is 0 Å². The molecule has 1 aromatic heterocycles. The highest BCUT2D eigenvalue weighted by Gasteiger charge is 2.15. The fraction of sp³-hybridized carbons (Fsp3) is 0.238. The van der Waals surface area contributed by atoms with Crippen LogP contribution in [0.4, 0.5) is 23.2 Å². The standard InChI is InChI=1S/C21H21F4N5O.HI/c1-2-26-21(27-8-7-12-10-28-16-5-3-13(22)9-14(12)16)29-11-18(31)30-17-6-4-15(23)19(24)20(17)25;/h3-6,9-10,28H,2,7-8,11H2,1H3,(H,30,31)(H2,26,27,29);1H. The first-order valence-corrected chi connectivity index (χ1v) is 9.60. The van der Waals surface area contributed by atoms with Crippen LogP contribution in [0.5, 0.6) is 0 Å². The van der Waals surface area contributed by atoms with E-state index in [-0.39, 0.29) is 36.3 Å². The largest absolute Gasteiger partial charge is 0.361 e. The van der Waals surface area contributed by atoms with E-state index in [4.69, 9.17) is 0 Å². The number of guanidine groups is 1. The van der Waals surface area contributed by atoms with Crippen LogP contribution in [0, 0.1) is 23.3 Å². The first-order valence-electron chi connectivity index (χ1n) is 9.60. The molecule has 0 saturated carbocycles. The molecule has 172 valence electrons. The maximum atomic E-state index is 13.7. The molecule has 2 aromatic carbocycles. The van der Waals surface area contributed by atoms with E-state index in [9.17, 15) is 22.4 Å². The lowest BCUT2D eigenvalue weighted by Gasteiger charge is -2.11. The number of rotatable bonds is 7. The molecule has 0 unspecified atom stereocenters. The summed E-state index contributed by atoms with van der Waals surface area (Å²) in [5.41, 5.74) is 1.28. The molecule has 0 aliphatic rings. The number of benzene rings is 2. The second-order valence-electron chi connectivity index (χ2n) is 6.65. The second-order valence-corrected chi connectivity index (χ2v) is 6.65. The third-order valence-electron chi connectivity index (χ3n) is 4.45. The zero-order valence-electron chi connectivity index (χ0n) is 17.1. The van der Waals surface area contributed by atoms with E-state index in [0.717, 1.165) is 28.6 Å². The van der Waals surface area contributed by atoms with E-state index in [1.807, 2.05) is 6.92 Å². The van der Waals surface area contributed by atoms with E-state index in [1.54, 1.807) is 12.3 Å². The van der Waals surface area contributed by atoms with Crippen LogP contribution < -0.4 is 16.0 Å². The summed E-state index contributed by atoms with van der Waals surface area (Å²) in [6, 6.07) is 6.17. The number of hydrogen-bond acceptors (Lipinski definition) is 2. The van der Waals surface area contributed by atoms with Gasteiger partial charge < -0.3 is 20.9 Å². The van der Waals surface area contributed by atoms with E-state index in [1.165, 1.54) is 12.1 Å². The van der Waals surface area contributed by atoms with Gasteiger partial charge in [0.05, 0.1) is 5.69 Å². The van der Waals surface area contributed by atoms with Crippen LogP contribution in [-0.2, 0) is 11.2 Å². The molecule has 0 aliphatic carbocycles. The van der Waals surface area contributed by atoms with Gasteiger partial charge in [-0.2, -0.15) is 0 Å². The van der Waals surface area contributed by atoms with Crippen molar-refractivity contribution < 1.29 is 22.4 Å². The maximum Gasteiger partial charge on any atom is 0.246 e. The molecule has 6 nitrogen and oxygen atoms in total. The van der Waals surface area contributed by atoms with Crippen molar-refractivity contribution in [3.05, 3.63) is 65.4 Å². The van der Waals surface area contributed by atoms with Crippen LogP contribution in [-0.4, -0.2) is 36.5 Å². The van der Waals surface area contributed by atoms with Crippen molar-refractivity contribution in [2.75, 3.05) is 25.0 Å². The van der Waals surface area contributed by atoms with Crippen molar-refractivity contribution in [2.24, 2.45) is 4.99 Å². The summed E-state index contributed by atoms with van der Waals surface area (Å²) in [4.78, 5) is 19.2. The minimum atomic E-state index is -1.66. The molecule has 0 spiro atoms. The number of nitrogens with one attached hydrogen (secondary N) is 4. The molecule has 1 heterocycles. The fourth-order valence-electron chi connectivity index (χ4n) is 2.98. The van der Waals surface area contributed by atoms with Crippen LogP contribution in [0.3, 0.4) is 0 Å². The van der Waals surface area contributed by atoms with Crippen LogP contribution in [0.25, 0.3) is 10.9 Å². The Kier molecular flexibility index (Phi) is 9.29. The van der Waals surface area contributed by atoms with Gasteiger partial charge in [-0.3, -0.25) is 4.79 Å². The van der Waals surface area contributed by atoms with E-state index >= 15 is 0 Å². The molecule has 4 N–H and O–H groups in total. The molecular weight excluding hydrogens is 541 g/mol. The number of nitrogens with zero attached hydrogens (tertiary/aromatic N) is 1. The monoisotopic (exact) mass is 563 g/mol. The summed E-state index contributed by atoms with van der Waals surface area (Å²) in [5, 5.41) is 8.96. The normalized spacial score (nSPS) is 11.2. The molecule has 3 rings (SSSR count). The fourth-order valence-corrected chi connectivity index (χ4v) is 2.98. The van der Waals surface area contributed by atoms with Crippen LogP contribution >= 0.6 is 24.0 Å². The minimum Gasteiger partial charge on any atom is -0.361 e. The Morgan fingerprint density at radius 3 is 2.59 bits per heavy atom. The predicted octanol–water partition coefficient (Wildman–Crippen LogP) is 4.08. The predicted molar refractivity (Wildman–Crippen MR) is 126 cm³/mol. The Morgan fingerprint density at radius 1 is 1.06 bits per heavy atom. The van der Waals surface area contributed by atoms with Gasteiger partial charge in [0.2, 0.25) is 5.91 Å². The number of hydrogen-bond donors (Lipinski definition) is 4. The minimum absolute atomic E-state index is 0. The summed E-state index contributed by atoms with van der Waals surface area (Å²) < 4.78 is 53.4. The molecule has 0 saturated heterocycles. The summed E-state index contributed by atoms with van der Waals surface area (Å²) in [7, 11) is 0. The molecule has 0 fully saturated rings. The number of halogens is 5. The van der Waals surface area contributed by atoms with E-state index < -0.39 is 29.0 Å². The number of amides is 1. The lowest BCUT2D eigenvalue weighted by molar-refractivity contribution is -0.114. The van der Waals surface area contributed by atoms with Gasteiger partial charge in [0, 0.05) is 30.2 Å². The quantitative estimate of drug-likeness (QED) is 0.115. The lowest BCUT2D eigenvalue weighted by Crippen LogP contribution is -2.39. The molecular formula is C21H22F4IN5O. The van der Waals surface area contributed by atoms with Crippen LogP contribution in [0.2, 0.25) is 0 Å². The summed E-state index contributed by atoms with van der Waals surface area (Å²) >= 11 is 0. The molecule has 0 bridgehead atoms. The lowest BCUT2D eigenvalue weighted by atomic mass is 10.1. The average molecular weight is 563 g/mol. The van der Waals surface area contributed by atoms with Crippen molar-refractivity contribution in [2.45, 2.75) is 13.3 Å². The molecule has 0 atom stereocenters. The Bertz CT molecular complexity index is 1120. The summed E-state index contributed by atoms with van der Waals surface area (Å²) in [6.07, 6.45) is 2.37. The number of aliphatic imine (C=N–C) groups is 1. The Labute approximate surface area is 198 Å². The molecule has 0 aliphatic heterocycles. The number of carbonyl (C=O) groups is 1. The van der Waals surface area contributed by atoms with Crippen LogP contribution in [0.15, 0.2) is 41.5 Å².